The van der Waals surface area contributed by atoms with Gasteiger partial charge in [0.05, 0.1) is 29.8 Å². The van der Waals surface area contributed by atoms with Crippen LogP contribution in [0.1, 0.15) is 6.42 Å². The van der Waals surface area contributed by atoms with E-state index in [1.807, 2.05) is 24.3 Å². The number of nitrogens with one attached hydrogen (secondary N) is 1. The maximum absolute atomic E-state index is 11.6. The smallest absolute Gasteiger partial charge is 0.152 e. The molecule has 1 aromatic rings. The molecule has 3 N–H and O–H groups in total. The molecule has 18 heavy (non-hydrogen) atoms. The molecule has 0 aliphatic carbocycles. The van der Waals surface area contributed by atoms with Crippen molar-refractivity contribution < 1.29 is 13.2 Å². The molecule has 1 saturated heterocycles. The van der Waals surface area contributed by atoms with Gasteiger partial charge in [0.15, 0.2) is 9.84 Å². The van der Waals surface area contributed by atoms with Crippen LogP contribution in [0.3, 0.4) is 0 Å². The van der Waals surface area contributed by atoms with Crippen molar-refractivity contribution in [3.05, 3.63) is 24.3 Å². The predicted molar refractivity (Wildman–Crippen MR) is 71.7 cm³/mol. The summed E-state index contributed by atoms with van der Waals surface area (Å²) in [5, 5.41) is 3.25. The Bertz CT molecular complexity index is 530. The fourth-order valence-corrected chi connectivity index (χ4v) is 4.28. The molecule has 1 fully saturated rings. The highest BCUT2D eigenvalue weighted by Crippen LogP contribution is 2.31. The second kappa shape index (κ2) is 4.78. The summed E-state index contributed by atoms with van der Waals surface area (Å²) in [6, 6.07) is 7.43. The molecular weight excluding hydrogens is 252 g/mol. The van der Waals surface area contributed by atoms with Gasteiger partial charge in [0.2, 0.25) is 0 Å². The first-order chi connectivity index (χ1) is 8.50. The van der Waals surface area contributed by atoms with E-state index in [1.165, 1.54) is 0 Å². The number of anilines is 1. The number of ether oxygens (including phenoxy) is 1. The lowest BCUT2D eigenvalue weighted by Crippen LogP contribution is -2.46. The number of rotatable bonds is 4. The lowest BCUT2D eigenvalue weighted by Gasteiger charge is -2.29. The number of hydrogen-bond donors (Lipinski definition) is 2. The molecule has 1 aliphatic heterocycles. The summed E-state index contributed by atoms with van der Waals surface area (Å²) in [4.78, 5) is 0. The van der Waals surface area contributed by atoms with E-state index < -0.39 is 15.4 Å². The Morgan fingerprint density at radius 3 is 2.72 bits per heavy atom. The Kier molecular flexibility index (Phi) is 3.49. The Morgan fingerprint density at radius 1 is 1.44 bits per heavy atom. The Hall–Kier alpha value is -1.27. The quantitative estimate of drug-likeness (QED) is 0.838. The van der Waals surface area contributed by atoms with E-state index in [0.29, 0.717) is 12.2 Å². The SMILES string of the molecule is COc1ccccc1NC1(CN)CCS(=O)(=O)C1. The minimum absolute atomic E-state index is 0.0779. The first-order valence-electron chi connectivity index (χ1n) is 5.82. The van der Waals surface area contributed by atoms with Gasteiger partial charge in [-0.3, -0.25) is 0 Å². The van der Waals surface area contributed by atoms with Crippen molar-refractivity contribution in [2.75, 3.05) is 30.5 Å². The lowest BCUT2D eigenvalue weighted by molar-refractivity contribution is 0.414. The Labute approximate surface area is 107 Å². The minimum atomic E-state index is -2.99. The molecule has 1 heterocycles. The van der Waals surface area contributed by atoms with E-state index in [4.69, 9.17) is 10.5 Å². The first-order valence-corrected chi connectivity index (χ1v) is 7.64. The highest BCUT2D eigenvalue weighted by molar-refractivity contribution is 7.91. The van der Waals surface area contributed by atoms with Gasteiger partial charge in [-0.25, -0.2) is 8.42 Å². The first kappa shape index (κ1) is 13.2. The second-order valence-corrected chi connectivity index (χ2v) is 6.84. The number of sulfone groups is 1. The molecule has 5 nitrogen and oxygen atoms in total. The van der Waals surface area contributed by atoms with Crippen LogP contribution in [-0.2, 0) is 9.84 Å². The van der Waals surface area contributed by atoms with Crippen LogP contribution in [0.15, 0.2) is 24.3 Å². The molecule has 0 saturated carbocycles. The summed E-state index contributed by atoms with van der Waals surface area (Å²) < 4.78 is 28.5. The summed E-state index contributed by atoms with van der Waals surface area (Å²) in [6.07, 6.45) is 0.532. The normalized spacial score (nSPS) is 25.9. The van der Waals surface area contributed by atoms with Crippen molar-refractivity contribution >= 4 is 15.5 Å². The van der Waals surface area contributed by atoms with Gasteiger partial charge < -0.3 is 15.8 Å². The van der Waals surface area contributed by atoms with Gasteiger partial charge in [0.1, 0.15) is 5.75 Å². The number of benzene rings is 1. The van der Waals surface area contributed by atoms with E-state index in [-0.39, 0.29) is 18.1 Å². The van der Waals surface area contributed by atoms with Gasteiger partial charge in [-0.15, -0.1) is 0 Å². The molecule has 0 aromatic heterocycles. The lowest BCUT2D eigenvalue weighted by atomic mass is 9.98. The van der Waals surface area contributed by atoms with Crippen LogP contribution in [-0.4, -0.2) is 39.1 Å². The average Bonchev–Trinajstić information content (AvgIpc) is 2.66. The highest BCUT2D eigenvalue weighted by Gasteiger charge is 2.41. The second-order valence-electron chi connectivity index (χ2n) is 4.65. The summed E-state index contributed by atoms with van der Waals surface area (Å²) in [7, 11) is -1.40. The van der Waals surface area contributed by atoms with Crippen LogP contribution < -0.4 is 15.8 Å². The summed E-state index contributed by atoms with van der Waals surface area (Å²) in [5.74, 6) is 0.954. The van der Waals surface area contributed by atoms with Crippen LogP contribution in [0.4, 0.5) is 5.69 Å². The summed E-state index contributed by atoms with van der Waals surface area (Å²) in [5.41, 5.74) is 5.97. The fraction of sp³-hybridized carbons (Fsp3) is 0.500. The van der Waals surface area contributed by atoms with Crippen molar-refractivity contribution in [2.45, 2.75) is 12.0 Å². The van der Waals surface area contributed by atoms with Gasteiger partial charge in [0.25, 0.3) is 0 Å². The van der Waals surface area contributed by atoms with Crippen LogP contribution in [0.5, 0.6) is 5.75 Å². The molecule has 6 heteroatoms. The third kappa shape index (κ3) is 2.59. The topological polar surface area (TPSA) is 81.4 Å². The highest BCUT2D eigenvalue weighted by atomic mass is 32.2. The van der Waals surface area contributed by atoms with Gasteiger partial charge in [-0.2, -0.15) is 0 Å². The third-order valence-corrected chi connectivity index (χ3v) is 5.10. The van der Waals surface area contributed by atoms with Gasteiger partial charge in [0, 0.05) is 6.54 Å². The van der Waals surface area contributed by atoms with Gasteiger partial charge >= 0.3 is 0 Å². The molecule has 1 unspecified atom stereocenters. The van der Waals surface area contributed by atoms with Crippen molar-refractivity contribution in [1.29, 1.82) is 0 Å². The molecule has 1 aromatic carbocycles. The maximum Gasteiger partial charge on any atom is 0.152 e. The van der Waals surface area contributed by atoms with Crippen LogP contribution in [0, 0.1) is 0 Å². The minimum Gasteiger partial charge on any atom is -0.495 e. The molecule has 0 bridgehead atoms. The van der Waals surface area contributed by atoms with E-state index >= 15 is 0 Å². The maximum atomic E-state index is 11.6. The molecule has 100 valence electrons. The molecule has 2 rings (SSSR count). The zero-order chi connectivity index (χ0) is 13.2. The van der Waals surface area contributed by atoms with Crippen LogP contribution in [0.25, 0.3) is 0 Å². The van der Waals surface area contributed by atoms with E-state index in [0.717, 1.165) is 5.69 Å². The number of para-hydroxylation sites is 2. The van der Waals surface area contributed by atoms with Crippen LogP contribution >= 0.6 is 0 Å². The monoisotopic (exact) mass is 270 g/mol. The standard InChI is InChI=1S/C12H18N2O3S/c1-17-11-5-3-2-4-10(11)14-12(8-13)6-7-18(15,16)9-12/h2-5,14H,6-9,13H2,1H3. The average molecular weight is 270 g/mol. The van der Waals surface area contributed by atoms with Crippen molar-refractivity contribution in [1.82, 2.24) is 0 Å². The molecule has 1 aliphatic rings. The van der Waals surface area contributed by atoms with Gasteiger partial charge in [-0.05, 0) is 18.6 Å². The zero-order valence-electron chi connectivity index (χ0n) is 10.3. The molecule has 0 amide bonds. The zero-order valence-corrected chi connectivity index (χ0v) is 11.2. The van der Waals surface area contributed by atoms with Crippen molar-refractivity contribution in [3.8, 4) is 5.75 Å². The van der Waals surface area contributed by atoms with Gasteiger partial charge in [-0.1, -0.05) is 12.1 Å². The fourth-order valence-electron chi connectivity index (χ4n) is 2.26. The third-order valence-electron chi connectivity index (χ3n) is 3.29. The molecule has 0 spiro atoms. The molecular formula is C12H18N2O3S. The Balaban J connectivity index is 2.26. The van der Waals surface area contributed by atoms with E-state index in [9.17, 15) is 8.42 Å². The van der Waals surface area contributed by atoms with E-state index in [1.54, 1.807) is 7.11 Å². The summed E-state index contributed by atoms with van der Waals surface area (Å²) >= 11 is 0. The van der Waals surface area contributed by atoms with E-state index in [2.05, 4.69) is 5.32 Å². The Morgan fingerprint density at radius 2 is 2.17 bits per heavy atom. The van der Waals surface area contributed by atoms with Crippen LogP contribution in [0.2, 0.25) is 0 Å². The number of methoxy groups -OCH3 is 1. The number of nitrogens with two attached hydrogens (primary N) is 1. The number of hydrogen-bond acceptors (Lipinski definition) is 5. The molecule has 1 atom stereocenters. The summed E-state index contributed by atoms with van der Waals surface area (Å²) in [6.45, 7) is 0.282. The largest absolute Gasteiger partial charge is 0.495 e. The van der Waals surface area contributed by atoms with Crippen molar-refractivity contribution in [3.63, 3.8) is 0 Å². The molecule has 0 radical (unpaired) electrons. The van der Waals surface area contributed by atoms with Crippen molar-refractivity contribution in [2.24, 2.45) is 5.73 Å². The predicted octanol–water partition coefficient (Wildman–Crippen LogP) is 0.623.